The van der Waals surface area contributed by atoms with Gasteiger partial charge >= 0.3 is 5.97 Å². The van der Waals surface area contributed by atoms with Crippen LogP contribution in [0.3, 0.4) is 0 Å². The molecule has 0 aliphatic heterocycles. The second kappa shape index (κ2) is 5.09. The zero-order valence-corrected chi connectivity index (χ0v) is 9.66. The lowest BCUT2D eigenvalue weighted by Crippen LogP contribution is -2.48. The Kier molecular flexibility index (Phi) is 4.04. The first kappa shape index (κ1) is 12.7. The van der Waals surface area contributed by atoms with Gasteiger partial charge in [-0.25, -0.2) is 4.79 Å². The molecular weight excluding hydrogens is 204 g/mol. The molecule has 0 spiro atoms. The number of rotatable bonds is 5. The Labute approximate surface area is 95.5 Å². The van der Waals surface area contributed by atoms with Gasteiger partial charge in [0.25, 0.3) is 0 Å². The van der Waals surface area contributed by atoms with Crippen LogP contribution in [0.15, 0.2) is 24.3 Å². The van der Waals surface area contributed by atoms with E-state index in [-0.39, 0.29) is 0 Å². The van der Waals surface area contributed by atoms with E-state index in [9.17, 15) is 9.90 Å². The highest BCUT2D eigenvalue weighted by Crippen LogP contribution is 2.21. The predicted octanol–water partition coefficient (Wildman–Crippen LogP) is 0.843. The lowest BCUT2D eigenvalue weighted by atomic mass is 9.91. The van der Waals surface area contributed by atoms with Crippen LogP contribution in [0.25, 0.3) is 0 Å². The number of hydrogen-bond acceptors (Lipinski definition) is 3. The van der Waals surface area contributed by atoms with Crippen molar-refractivity contribution in [3.8, 4) is 0 Å². The molecule has 1 aromatic carbocycles. The van der Waals surface area contributed by atoms with Crippen LogP contribution in [-0.2, 0) is 10.3 Å². The number of nitrogens with one attached hydrogen (secondary N) is 1. The van der Waals surface area contributed by atoms with Gasteiger partial charge in [0.15, 0.2) is 0 Å². The lowest BCUT2D eigenvalue weighted by Gasteiger charge is -2.26. The van der Waals surface area contributed by atoms with Gasteiger partial charge in [-0.3, -0.25) is 5.32 Å². The summed E-state index contributed by atoms with van der Waals surface area (Å²) in [7, 11) is 0. The molecule has 1 atom stereocenters. The second-order valence-electron chi connectivity index (χ2n) is 4.01. The molecule has 88 valence electrons. The van der Waals surface area contributed by atoms with Crippen LogP contribution in [0, 0.1) is 6.92 Å². The highest BCUT2D eigenvalue weighted by atomic mass is 16.4. The van der Waals surface area contributed by atoms with Crippen molar-refractivity contribution >= 4 is 5.97 Å². The van der Waals surface area contributed by atoms with Crippen LogP contribution in [0.5, 0.6) is 0 Å². The third kappa shape index (κ3) is 2.59. The third-order valence-corrected chi connectivity index (χ3v) is 2.68. The Balaban J connectivity index is 3.01. The van der Waals surface area contributed by atoms with Gasteiger partial charge in [0.2, 0.25) is 0 Å². The molecule has 0 heterocycles. The molecule has 0 aromatic heterocycles. The van der Waals surface area contributed by atoms with Crippen LogP contribution in [0.1, 0.15) is 18.1 Å². The Hall–Kier alpha value is -1.39. The summed E-state index contributed by atoms with van der Waals surface area (Å²) in [6.07, 6.45) is 0. The van der Waals surface area contributed by atoms with Crippen molar-refractivity contribution in [1.29, 1.82) is 0 Å². The fourth-order valence-corrected chi connectivity index (χ4v) is 1.51. The average Bonchev–Trinajstić information content (AvgIpc) is 2.26. The molecule has 0 radical (unpaired) electrons. The normalized spacial score (nSPS) is 14.4. The number of hydrogen-bond donors (Lipinski definition) is 3. The fraction of sp³-hybridized carbons (Fsp3) is 0.417. The molecule has 0 amide bonds. The molecule has 4 heteroatoms. The van der Waals surface area contributed by atoms with Crippen molar-refractivity contribution in [2.45, 2.75) is 19.4 Å². The van der Waals surface area contributed by atoms with Crippen LogP contribution in [0.2, 0.25) is 0 Å². The van der Waals surface area contributed by atoms with E-state index in [0.29, 0.717) is 13.1 Å². The zero-order chi connectivity index (χ0) is 12.2. The summed E-state index contributed by atoms with van der Waals surface area (Å²) >= 11 is 0. The third-order valence-electron chi connectivity index (χ3n) is 2.68. The number of aliphatic carboxylic acids is 1. The Bertz CT molecular complexity index is 362. The van der Waals surface area contributed by atoms with Crippen LogP contribution in [-0.4, -0.2) is 24.2 Å². The largest absolute Gasteiger partial charge is 0.480 e. The molecule has 16 heavy (non-hydrogen) atoms. The maximum atomic E-state index is 11.3. The van der Waals surface area contributed by atoms with E-state index < -0.39 is 11.5 Å². The number of carbonyl (C=O) groups is 1. The molecule has 0 bridgehead atoms. The van der Waals surface area contributed by atoms with Gasteiger partial charge in [-0.2, -0.15) is 0 Å². The first-order valence-corrected chi connectivity index (χ1v) is 5.26. The lowest BCUT2D eigenvalue weighted by molar-refractivity contribution is -0.144. The predicted molar refractivity (Wildman–Crippen MR) is 63.2 cm³/mol. The van der Waals surface area contributed by atoms with E-state index in [2.05, 4.69) is 5.32 Å². The Morgan fingerprint density at radius 1 is 1.44 bits per heavy atom. The quantitative estimate of drug-likeness (QED) is 0.690. The van der Waals surface area contributed by atoms with Crippen molar-refractivity contribution in [2.24, 2.45) is 5.73 Å². The van der Waals surface area contributed by atoms with Gasteiger partial charge in [0, 0.05) is 13.1 Å². The van der Waals surface area contributed by atoms with E-state index in [0.717, 1.165) is 11.1 Å². The van der Waals surface area contributed by atoms with Gasteiger partial charge in [0.05, 0.1) is 0 Å². The van der Waals surface area contributed by atoms with Gasteiger partial charge in [-0.05, 0) is 19.4 Å². The molecule has 4 nitrogen and oxygen atoms in total. The molecular formula is C12H18N2O2. The summed E-state index contributed by atoms with van der Waals surface area (Å²) in [5.74, 6) is -0.898. The summed E-state index contributed by atoms with van der Waals surface area (Å²) in [6, 6.07) is 7.46. The van der Waals surface area contributed by atoms with Crippen molar-refractivity contribution in [1.82, 2.24) is 5.32 Å². The maximum absolute atomic E-state index is 11.3. The van der Waals surface area contributed by atoms with Crippen LogP contribution in [0.4, 0.5) is 0 Å². The van der Waals surface area contributed by atoms with Crippen molar-refractivity contribution < 1.29 is 9.90 Å². The Morgan fingerprint density at radius 3 is 2.44 bits per heavy atom. The zero-order valence-electron chi connectivity index (χ0n) is 9.66. The maximum Gasteiger partial charge on any atom is 0.328 e. The standard InChI is InChI=1S/C12H18N2O2/c1-9-3-5-10(6-4-9)12(2,11(15)16)14-8-7-13/h3-6,14H,7-8,13H2,1-2H3,(H,15,16). The minimum atomic E-state index is -1.08. The fourth-order valence-electron chi connectivity index (χ4n) is 1.51. The smallest absolute Gasteiger partial charge is 0.328 e. The first-order valence-electron chi connectivity index (χ1n) is 5.26. The summed E-state index contributed by atoms with van der Waals surface area (Å²) in [5.41, 5.74) is 6.15. The van der Waals surface area contributed by atoms with Crippen molar-refractivity contribution in [3.05, 3.63) is 35.4 Å². The monoisotopic (exact) mass is 222 g/mol. The highest BCUT2D eigenvalue weighted by molar-refractivity contribution is 5.80. The number of carboxylic acids is 1. The average molecular weight is 222 g/mol. The van der Waals surface area contributed by atoms with Crippen LogP contribution >= 0.6 is 0 Å². The van der Waals surface area contributed by atoms with E-state index in [4.69, 9.17) is 5.73 Å². The molecule has 1 aromatic rings. The Morgan fingerprint density at radius 2 is 2.00 bits per heavy atom. The van der Waals surface area contributed by atoms with Gasteiger partial charge in [-0.15, -0.1) is 0 Å². The summed E-state index contributed by atoms with van der Waals surface area (Å²) < 4.78 is 0. The summed E-state index contributed by atoms with van der Waals surface area (Å²) in [5, 5.41) is 12.2. The molecule has 0 fully saturated rings. The molecule has 0 saturated carbocycles. The number of benzene rings is 1. The van der Waals surface area contributed by atoms with Gasteiger partial charge in [0.1, 0.15) is 5.54 Å². The number of nitrogens with two attached hydrogens (primary N) is 1. The molecule has 0 aliphatic carbocycles. The number of aryl methyl sites for hydroxylation is 1. The molecule has 1 rings (SSSR count). The topological polar surface area (TPSA) is 75.3 Å². The van der Waals surface area contributed by atoms with Crippen molar-refractivity contribution in [3.63, 3.8) is 0 Å². The van der Waals surface area contributed by atoms with Gasteiger partial charge < -0.3 is 10.8 Å². The van der Waals surface area contributed by atoms with Crippen molar-refractivity contribution in [2.75, 3.05) is 13.1 Å². The summed E-state index contributed by atoms with van der Waals surface area (Å²) in [4.78, 5) is 11.3. The minimum absolute atomic E-state index is 0.411. The molecule has 4 N–H and O–H groups in total. The van der Waals surface area contributed by atoms with E-state index in [1.165, 1.54) is 0 Å². The SMILES string of the molecule is Cc1ccc(C(C)(NCCN)C(=O)O)cc1. The van der Waals surface area contributed by atoms with Gasteiger partial charge in [-0.1, -0.05) is 29.8 Å². The highest BCUT2D eigenvalue weighted by Gasteiger charge is 2.34. The van der Waals surface area contributed by atoms with E-state index in [1.807, 2.05) is 31.2 Å². The van der Waals surface area contributed by atoms with E-state index in [1.54, 1.807) is 6.92 Å². The van der Waals surface area contributed by atoms with E-state index >= 15 is 0 Å². The first-order chi connectivity index (χ1) is 7.50. The second-order valence-corrected chi connectivity index (χ2v) is 4.01. The molecule has 0 aliphatic rings. The number of carboxylic acid groups (broad SMARTS) is 1. The van der Waals surface area contributed by atoms with Crippen LogP contribution < -0.4 is 11.1 Å². The molecule has 1 unspecified atom stereocenters. The molecule has 0 saturated heterocycles. The minimum Gasteiger partial charge on any atom is -0.480 e. The summed E-state index contributed by atoms with van der Waals surface area (Å²) in [6.45, 7) is 4.50.